The lowest BCUT2D eigenvalue weighted by Crippen LogP contribution is -1.97. The molecular weight excluding hydrogens is 268 g/mol. The molecule has 1 heteroatoms. The van der Waals surface area contributed by atoms with Crippen LogP contribution in [0.4, 0.5) is 0 Å². The number of unbranched alkanes of at least 4 members (excludes halogenated alkanes) is 5. The van der Waals surface area contributed by atoms with Crippen molar-refractivity contribution in [3.05, 3.63) is 54.1 Å². The van der Waals surface area contributed by atoms with Crippen LogP contribution in [0.25, 0.3) is 11.1 Å². The largest absolute Gasteiger partial charge is 0.494 e. The minimum absolute atomic E-state index is 0.823. The lowest BCUT2D eigenvalue weighted by molar-refractivity contribution is 0.304. The summed E-state index contributed by atoms with van der Waals surface area (Å²) in [4.78, 5) is 0. The van der Waals surface area contributed by atoms with Crippen LogP contribution in [0.5, 0.6) is 5.75 Å². The summed E-state index contributed by atoms with van der Waals surface area (Å²) in [6.07, 6.45) is 7.79. The standard InChI is InChI=1S/C21H28O/c1-3-4-5-6-7-8-15-22-21-14-10-13-20(17-21)19-12-9-11-18(2)16-19/h9-14,16-17H,3-8,15H2,1-2H3. The molecule has 0 bridgehead atoms. The van der Waals surface area contributed by atoms with Gasteiger partial charge in [0.25, 0.3) is 0 Å². The first kappa shape index (κ1) is 16.6. The van der Waals surface area contributed by atoms with E-state index in [1.807, 2.05) is 0 Å². The van der Waals surface area contributed by atoms with Gasteiger partial charge in [0.15, 0.2) is 0 Å². The third-order valence-electron chi connectivity index (χ3n) is 3.95. The van der Waals surface area contributed by atoms with Gasteiger partial charge in [0, 0.05) is 0 Å². The van der Waals surface area contributed by atoms with E-state index >= 15 is 0 Å². The summed E-state index contributed by atoms with van der Waals surface area (Å²) >= 11 is 0. The quantitative estimate of drug-likeness (QED) is 0.486. The van der Waals surface area contributed by atoms with Gasteiger partial charge >= 0.3 is 0 Å². The summed E-state index contributed by atoms with van der Waals surface area (Å²) in [6.45, 7) is 5.20. The van der Waals surface area contributed by atoms with Gasteiger partial charge in [0.2, 0.25) is 0 Å². The zero-order valence-electron chi connectivity index (χ0n) is 14.0. The maximum absolute atomic E-state index is 5.90. The fraction of sp³-hybridized carbons (Fsp3) is 0.429. The fourth-order valence-electron chi connectivity index (χ4n) is 2.66. The normalized spacial score (nSPS) is 10.6. The molecule has 2 aromatic rings. The van der Waals surface area contributed by atoms with Crippen molar-refractivity contribution in [3.63, 3.8) is 0 Å². The van der Waals surface area contributed by atoms with Gasteiger partial charge < -0.3 is 4.74 Å². The van der Waals surface area contributed by atoms with Crippen molar-refractivity contribution in [2.75, 3.05) is 6.61 Å². The molecule has 0 unspecified atom stereocenters. The van der Waals surface area contributed by atoms with Crippen LogP contribution in [0.15, 0.2) is 48.5 Å². The molecule has 0 amide bonds. The Morgan fingerprint density at radius 3 is 2.23 bits per heavy atom. The summed E-state index contributed by atoms with van der Waals surface area (Å²) in [5, 5.41) is 0. The van der Waals surface area contributed by atoms with Gasteiger partial charge in [0.1, 0.15) is 5.75 Å². The van der Waals surface area contributed by atoms with E-state index in [9.17, 15) is 0 Å². The first-order valence-corrected chi connectivity index (χ1v) is 8.59. The molecule has 0 aliphatic carbocycles. The molecule has 0 saturated heterocycles. The van der Waals surface area contributed by atoms with Crippen LogP contribution in [0.1, 0.15) is 51.0 Å². The van der Waals surface area contributed by atoms with Crippen LogP contribution in [-0.4, -0.2) is 6.61 Å². The van der Waals surface area contributed by atoms with Crippen LogP contribution >= 0.6 is 0 Å². The van der Waals surface area contributed by atoms with Crippen molar-refractivity contribution in [1.82, 2.24) is 0 Å². The Kier molecular flexibility index (Phi) is 7.02. The van der Waals surface area contributed by atoms with Gasteiger partial charge in [-0.2, -0.15) is 0 Å². The zero-order valence-corrected chi connectivity index (χ0v) is 14.0. The van der Waals surface area contributed by atoms with Crippen molar-refractivity contribution in [2.24, 2.45) is 0 Å². The van der Waals surface area contributed by atoms with Gasteiger partial charge in [-0.25, -0.2) is 0 Å². The average Bonchev–Trinajstić information content (AvgIpc) is 2.54. The molecule has 2 aromatic carbocycles. The summed E-state index contributed by atoms with van der Waals surface area (Å²) in [5.41, 5.74) is 3.77. The Labute approximate surface area is 135 Å². The summed E-state index contributed by atoms with van der Waals surface area (Å²) in [7, 11) is 0. The summed E-state index contributed by atoms with van der Waals surface area (Å²) in [6, 6.07) is 17.0. The minimum atomic E-state index is 0.823. The Morgan fingerprint density at radius 2 is 1.45 bits per heavy atom. The van der Waals surface area contributed by atoms with E-state index in [4.69, 9.17) is 4.74 Å². The number of ether oxygens (including phenoxy) is 1. The monoisotopic (exact) mass is 296 g/mol. The van der Waals surface area contributed by atoms with Gasteiger partial charge in [-0.1, -0.05) is 81.0 Å². The molecule has 0 aliphatic rings. The summed E-state index contributed by atoms with van der Waals surface area (Å²) < 4.78 is 5.90. The predicted octanol–water partition coefficient (Wildman–Crippen LogP) is 6.40. The minimum Gasteiger partial charge on any atom is -0.494 e. The number of aryl methyl sites for hydroxylation is 1. The summed E-state index contributed by atoms with van der Waals surface area (Å²) in [5.74, 6) is 0.979. The molecule has 0 aliphatic heterocycles. The van der Waals surface area contributed by atoms with Crippen molar-refractivity contribution in [1.29, 1.82) is 0 Å². The van der Waals surface area contributed by atoms with Gasteiger partial charge in [-0.3, -0.25) is 0 Å². The molecule has 0 N–H and O–H groups in total. The first-order valence-electron chi connectivity index (χ1n) is 8.59. The molecule has 118 valence electrons. The predicted molar refractivity (Wildman–Crippen MR) is 95.5 cm³/mol. The fourth-order valence-corrected chi connectivity index (χ4v) is 2.66. The molecule has 0 spiro atoms. The molecule has 0 atom stereocenters. The average molecular weight is 296 g/mol. The molecule has 0 fully saturated rings. The molecule has 0 heterocycles. The Balaban J connectivity index is 1.82. The smallest absolute Gasteiger partial charge is 0.119 e. The molecular formula is C21H28O. The van der Waals surface area contributed by atoms with E-state index in [1.54, 1.807) is 0 Å². The highest BCUT2D eigenvalue weighted by Gasteiger charge is 2.00. The van der Waals surface area contributed by atoms with Crippen LogP contribution in [0.3, 0.4) is 0 Å². The highest BCUT2D eigenvalue weighted by molar-refractivity contribution is 5.65. The number of benzene rings is 2. The maximum Gasteiger partial charge on any atom is 0.119 e. The van der Waals surface area contributed by atoms with Gasteiger partial charge in [0.05, 0.1) is 6.61 Å². The Morgan fingerprint density at radius 1 is 0.773 bits per heavy atom. The number of hydrogen-bond acceptors (Lipinski definition) is 1. The van der Waals surface area contributed by atoms with Crippen molar-refractivity contribution in [3.8, 4) is 16.9 Å². The van der Waals surface area contributed by atoms with Crippen LogP contribution < -0.4 is 4.74 Å². The topological polar surface area (TPSA) is 9.23 Å². The second-order valence-corrected chi connectivity index (χ2v) is 6.01. The lowest BCUT2D eigenvalue weighted by atomic mass is 10.0. The maximum atomic E-state index is 5.90. The Bertz CT molecular complexity index is 559. The van der Waals surface area contributed by atoms with E-state index in [0.717, 1.165) is 18.8 Å². The molecule has 22 heavy (non-hydrogen) atoms. The SMILES string of the molecule is CCCCCCCCOc1cccc(-c2cccc(C)c2)c1. The van der Waals surface area contributed by atoms with E-state index in [-0.39, 0.29) is 0 Å². The third-order valence-corrected chi connectivity index (χ3v) is 3.95. The number of hydrogen-bond donors (Lipinski definition) is 0. The molecule has 0 aromatic heterocycles. The first-order chi connectivity index (χ1) is 10.8. The van der Waals surface area contributed by atoms with E-state index in [1.165, 1.54) is 48.8 Å². The van der Waals surface area contributed by atoms with E-state index in [0.29, 0.717) is 0 Å². The highest BCUT2D eigenvalue weighted by atomic mass is 16.5. The molecule has 0 radical (unpaired) electrons. The van der Waals surface area contributed by atoms with Crippen LogP contribution in [-0.2, 0) is 0 Å². The van der Waals surface area contributed by atoms with Crippen LogP contribution in [0.2, 0.25) is 0 Å². The third kappa shape index (κ3) is 5.55. The Hall–Kier alpha value is -1.76. The lowest BCUT2D eigenvalue weighted by Gasteiger charge is -2.09. The van der Waals surface area contributed by atoms with Crippen molar-refractivity contribution < 1.29 is 4.74 Å². The van der Waals surface area contributed by atoms with E-state index < -0.39 is 0 Å². The molecule has 2 rings (SSSR count). The molecule has 1 nitrogen and oxygen atoms in total. The van der Waals surface area contributed by atoms with Gasteiger partial charge in [-0.05, 0) is 36.6 Å². The second-order valence-electron chi connectivity index (χ2n) is 6.01. The van der Waals surface area contributed by atoms with Gasteiger partial charge in [-0.15, -0.1) is 0 Å². The van der Waals surface area contributed by atoms with Crippen molar-refractivity contribution in [2.45, 2.75) is 52.4 Å². The molecule has 0 saturated carbocycles. The van der Waals surface area contributed by atoms with Crippen LogP contribution in [0, 0.1) is 6.92 Å². The highest BCUT2D eigenvalue weighted by Crippen LogP contribution is 2.24. The van der Waals surface area contributed by atoms with Crippen molar-refractivity contribution >= 4 is 0 Å². The van der Waals surface area contributed by atoms with E-state index in [2.05, 4.69) is 62.4 Å². The zero-order chi connectivity index (χ0) is 15.6. The second kappa shape index (κ2) is 9.30. The number of rotatable bonds is 9.